The van der Waals surface area contributed by atoms with Crippen LogP contribution in [-0.4, -0.2) is 9.78 Å². The lowest BCUT2D eigenvalue weighted by atomic mass is 9.93. The Kier molecular flexibility index (Phi) is 5.06. The zero-order chi connectivity index (χ0) is 12.5. The lowest BCUT2D eigenvalue weighted by molar-refractivity contribution is 0.453. The van der Waals surface area contributed by atoms with Crippen LogP contribution in [0.3, 0.4) is 0 Å². The molecule has 2 aromatic rings. The Balaban J connectivity index is 0.00000133. The van der Waals surface area contributed by atoms with Gasteiger partial charge in [0, 0.05) is 35.8 Å². The van der Waals surface area contributed by atoms with Crippen LogP contribution in [0.1, 0.15) is 35.0 Å². The number of nitrogens with zero attached hydrogens (tertiary/aromatic N) is 2. The van der Waals surface area contributed by atoms with Crippen molar-refractivity contribution in [1.82, 2.24) is 15.1 Å². The lowest BCUT2D eigenvalue weighted by Gasteiger charge is -2.23. The van der Waals surface area contributed by atoms with Crippen molar-refractivity contribution in [1.29, 1.82) is 0 Å². The molecular weight excluding hydrogens is 346 g/mol. The van der Waals surface area contributed by atoms with Crippen molar-refractivity contribution in [2.45, 2.75) is 31.8 Å². The summed E-state index contributed by atoms with van der Waals surface area (Å²) in [5.74, 6) is 0. The van der Waals surface area contributed by atoms with Gasteiger partial charge in [0.15, 0.2) is 0 Å². The molecule has 2 heterocycles. The monoisotopic (exact) mass is 361 g/mol. The van der Waals surface area contributed by atoms with Crippen molar-refractivity contribution in [3.8, 4) is 0 Å². The highest BCUT2D eigenvalue weighted by atomic mass is 79.9. The molecule has 1 aliphatic rings. The van der Waals surface area contributed by atoms with E-state index in [1.54, 1.807) is 11.3 Å². The van der Waals surface area contributed by atoms with Gasteiger partial charge in [-0.3, -0.25) is 4.68 Å². The van der Waals surface area contributed by atoms with Gasteiger partial charge in [-0.15, -0.1) is 23.7 Å². The Morgan fingerprint density at radius 3 is 3.11 bits per heavy atom. The van der Waals surface area contributed by atoms with Gasteiger partial charge in [0.25, 0.3) is 0 Å². The van der Waals surface area contributed by atoms with E-state index in [2.05, 4.69) is 38.5 Å². The van der Waals surface area contributed by atoms with Crippen LogP contribution < -0.4 is 5.32 Å². The standard InChI is InChI=1S/C13H16BrN3S.ClH/c1-17-12-4-2-3-11(10(12)8-16-17)15-7-9-5-6-13(14)18-9;/h5-6,8,11,15H,2-4,7H2,1H3;1H. The summed E-state index contributed by atoms with van der Waals surface area (Å²) in [5, 5.41) is 8.04. The van der Waals surface area contributed by atoms with Gasteiger partial charge < -0.3 is 5.32 Å². The summed E-state index contributed by atoms with van der Waals surface area (Å²) in [6.45, 7) is 0.940. The van der Waals surface area contributed by atoms with E-state index in [1.165, 1.54) is 32.8 Å². The van der Waals surface area contributed by atoms with Crippen LogP contribution in [0.25, 0.3) is 0 Å². The number of aryl methyl sites for hydroxylation is 1. The Morgan fingerprint density at radius 2 is 2.37 bits per heavy atom. The van der Waals surface area contributed by atoms with Crippen molar-refractivity contribution in [3.05, 3.63) is 38.3 Å². The molecule has 1 N–H and O–H groups in total. The van der Waals surface area contributed by atoms with E-state index in [9.17, 15) is 0 Å². The minimum atomic E-state index is 0. The van der Waals surface area contributed by atoms with Gasteiger partial charge in [0.05, 0.1) is 9.98 Å². The Bertz CT molecular complexity index is 552. The molecule has 0 bridgehead atoms. The maximum Gasteiger partial charge on any atom is 0.0701 e. The van der Waals surface area contributed by atoms with Crippen molar-refractivity contribution in [2.75, 3.05) is 0 Å². The number of halogens is 2. The topological polar surface area (TPSA) is 29.9 Å². The SMILES string of the molecule is Cl.Cn1ncc2c1CCCC2NCc1ccc(Br)s1. The van der Waals surface area contributed by atoms with Gasteiger partial charge in [0.2, 0.25) is 0 Å². The normalized spacial score (nSPS) is 17.9. The number of rotatable bonds is 3. The Hall–Kier alpha value is -0.360. The van der Waals surface area contributed by atoms with Crippen LogP contribution >= 0.6 is 39.7 Å². The van der Waals surface area contributed by atoms with Crippen molar-refractivity contribution in [2.24, 2.45) is 7.05 Å². The number of hydrogen-bond acceptors (Lipinski definition) is 3. The number of thiophene rings is 1. The van der Waals surface area contributed by atoms with Gasteiger partial charge >= 0.3 is 0 Å². The molecule has 104 valence electrons. The maximum absolute atomic E-state index is 4.38. The summed E-state index contributed by atoms with van der Waals surface area (Å²) >= 11 is 5.30. The van der Waals surface area contributed by atoms with E-state index in [4.69, 9.17) is 0 Å². The summed E-state index contributed by atoms with van der Waals surface area (Å²) < 4.78 is 3.22. The van der Waals surface area contributed by atoms with Crippen LogP contribution in [0.15, 0.2) is 22.1 Å². The van der Waals surface area contributed by atoms with Crippen molar-refractivity contribution in [3.63, 3.8) is 0 Å². The van der Waals surface area contributed by atoms with Crippen LogP contribution in [-0.2, 0) is 20.0 Å². The van der Waals surface area contributed by atoms with E-state index < -0.39 is 0 Å². The maximum atomic E-state index is 4.38. The molecule has 0 fully saturated rings. The van der Waals surface area contributed by atoms with Crippen LogP contribution in [0.2, 0.25) is 0 Å². The molecule has 0 amide bonds. The van der Waals surface area contributed by atoms with Crippen molar-refractivity contribution < 1.29 is 0 Å². The zero-order valence-corrected chi connectivity index (χ0v) is 13.9. The molecule has 0 aromatic carbocycles. The molecule has 1 unspecified atom stereocenters. The molecule has 1 aliphatic carbocycles. The Labute approximate surface area is 131 Å². The number of fused-ring (bicyclic) bond motifs is 1. The van der Waals surface area contributed by atoms with Gasteiger partial charge in [-0.1, -0.05) is 0 Å². The molecule has 19 heavy (non-hydrogen) atoms. The largest absolute Gasteiger partial charge is 0.305 e. The van der Waals surface area contributed by atoms with E-state index in [-0.39, 0.29) is 12.4 Å². The average Bonchev–Trinajstić information content (AvgIpc) is 2.94. The summed E-state index contributed by atoms with van der Waals surface area (Å²) in [6.07, 6.45) is 5.65. The lowest BCUT2D eigenvalue weighted by Crippen LogP contribution is -2.24. The second kappa shape index (κ2) is 6.39. The first-order valence-corrected chi connectivity index (χ1v) is 7.83. The minimum absolute atomic E-state index is 0. The third-order valence-corrected chi connectivity index (χ3v) is 5.15. The molecule has 1 atom stereocenters. The first-order valence-electron chi connectivity index (χ1n) is 6.22. The fraction of sp³-hybridized carbons (Fsp3) is 0.462. The molecule has 2 aromatic heterocycles. The highest BCUT2D eigenvalue weighted by molar-refractivity contribution is 9.11. The van der Waals surface area contributed by atoms with E-state index in [1.807, 2.05) is 17.9 Å². The molecule has 0 saturated heterocycles. The zero-order valence-electron chi connectivity index (χ0n) is 10.7. The summed E-state index contributed by atoms with van der Waals surface area (Å²) in [4.78, 5) is 1.37. The second-order valence-electron chi connectivity index (χ2n) is 4.70. The quantitative estimate of drug-likeness (QED) is 0.899. The predicted molar refractivity (Wildman–Crippen MR) is 85.0 cm³/mol. The third-order valence-electron chi connectivity index (χ3n) is 3.53. The molecule has 3 rings (SSSR count). The highest BCUT2D eigenvalue weighted by Crippen LogP contribution is 2.30. The summed E-state index contributed by atoms with van der Waals surface area (Å²) in [6, 6.07) is 4.75. The van der Waals surface area contributed by atoms with E-state index in [0.29, 0.717) is 6.04 Å². The third kappa shape index (κ3) is 3.21. The van der Waals surface area contributed by atoms with Crippen molar-refractivity contribution >= 4 is 39.7 Å². The first kappa shape index (κ1) is 15.0. The molecule has 0 saturated carbocycles. The number of hydrogen-bond donors (Lipinski definition) is 1. The molecule has 0 spiro atoms. The second-order valence-corrected chi connectivity index (χ2v) is 7.25. The molecule has 6 heteroatoms. The molecule has 3 nitrogen and oxygen atoms in total. The van der Waals surface area contributed by atoms with Crippen LogP contribution in [0, 0.1) is 0 Å². The van der Waals surface area contributed by atoms with E-state index >= 15 is 0 Å². The van der Waals surface area contributed by atoms with E-state index in [0.717, 1.165) is 13.0 Å². The fourth-order valence-electron chi connectivity index (χ4n) is 2.59. The highest BCUT2D eigenvalue weighted by Gasteiger charge is 2.22. The van der Waals surface area contributed by atoms with Gasteiger partial charge in [-0.2, -0.15) is 5.10 Å². The molecule has 0 radical (unpaired) electrons. The van der Waals surface area contributed by atoms with Crippen LogP contribution in [0.4, 0.5) is 0 Å². The Morgan fingerprint density at radius 1 is 1.53 bits per heavy atom. The smallest absolute Gasteiger partial charge is 0.0701 e. The van der Waals surface area contributed by atoms with Gasteiger partial charge in [-0.05, 0) is 47.3 Å². The number of aromatic nitrogens is 2. The summed E-state index contributed by atoms with van der Waals surface area (Å²) in [7, 11) is 2.04. The minimum Gasteiger partial charge on any atom is -0.305 e. The van der Waals surface area contributed by atoms with Gasteiger partial charge in [0.1, 0.15) is 0 Å². The summed E-state index contributed by atoms with van der Waals surface area (Å²) in [5.41, 5.74) is 2.78. The predicted octanol–water partition coefficient (Wildman–Crippen LogP) is 3.83. The molecular formula is C13H17BrClN3S. The number of nitrogens with one attached hydrogen (secondary N) is 1. The molecule has 0 aliphatic heterocycles. The van der Waals surface area contributed by atoms with Crippen LogP contribution in [0.5, 0.6) is 0 Å². The fourth-order valence-corrected chi connectivity index (χ4v) is 4.02. The average molecular weight is 363 g/mol. The first-order chi connectivity index (χ1) is 8.74. The van der Waals surface area contributed by atoms with Gasteiger partial charge in [-0.25, -0.2) is 0 Å².